The molecule has 5 rings (SSSR count). The van der Waals surface area contributed by atoms with Crippen LogP contribution in [0, 0.1) is 17.8 Å². The minimum absolute atomic E-state index is 0.204. The maximum absolute atomic E-state index is 13.5. The summed E-state index contributed by atoms with van der Waals surface area (Å²) in [6, 6.07) is 5.20. The largest absolute Gasteiger partial charge is 0.340 e. The summed E-state index contributed by atoms with van der Waals surface area (Å²) in [5, 5.41) is 0. The van der Waals surface area contributed by atoms with Crippen molar-refractivity contribution in [2.75, 3.05) is 13.1 Å². The van der Waals surface area contributed by atoms with E-state index in [9.17, 15) is 9.59 Å². The molecule has 0 radical (unpaired) electrons. The third-order valence-corrected chi connectivity index (χ3v) is 7.76. The molecule has 0 aromatic carbocycles. The minimum atomic E-state index is 0.204. The number of likely N-dealkylation sites (tertiary alicyclic amines) is 1. The van der Waals surface area contributed by atoms with Gasteiger partial charge in [0, 0.05) is 43.8 Å². The van der Waals surface area contributed by atoms with Crippen molar-refractivity contribution in [3.8, 4) is 0 Å². The highest BCUT2D eigenvalue weighted by Gasteiger charge is 2.50. The maximum atomic E-state index is 13.5. The molecule has 158 valence electrons. The molecule has 5 heteroatoms. The van der Waals surface area contributed by atoms with Gasteiger partial charge in [0.15, 0.2) is 0 Å². The van der Waals surface area contributed by atoms with Gasteiger partial charge in [0.1, 0.15) is 5.69 Å². The average molecular weight is 398 g/mol. The Balaban J connectivity index is 1.39. The molecule has 2 amide bonds. The van der Waals surface area contributed by atoms with Crippen LogP contribution < -0.4 is 0 Å². The van der Waals surface area contributed by atoms with E-state index in [-0.39, 0.29) is 5.91 Å². The highest BCUT2D eigenvalue weighted by atomic mass is 16.2. The van der Waals surface area contributed by atoms with Crippen molar-refractivity contribution < 1.29 is 9.59 Å². The molecule has 1 aromatic heterocycles. The minimum Gasteiger partial charge on any atom is -0.340 e. The van der Waals surface area contributed by atoms with E-state index in [1.54, 1.807) is 0 Å². The smallest absolute Gasteiger partial charge is 0.270 e. The average Bonchev–Trinajstić information content (AvgIpc) is 3.44. The van der Waals surface area contributed by atoms with E-state index in [1.165, 1.54) is 19.3 Å². The molecule has 4 atom stereocenters. The number of hydrogen-bond acceptors (Lipinski definition) is 2. The molecule has 3 aliphatic heterocycles. The van der Waals surface area contributed by atoms with Crippen molar-refractivity contribution >= 4 is 11.8 Å². The number of carbonyl (C=O) groups is 2. The van der Waals surface area contributed by atoms with Crippen LogP contribution in [0.4, 0.5) is 0 Å². The van der Waals surface area contributed by atoms with Crippen molar-refractivity contribution in [2.45, 2.75) is 83.3 Å². The molecular formula is C24H35N3O2. The van der Waals surface area contributed by atoms with Crippen LogP contribution in [-0.2, 0) is 4.79 Å². The van der Waals surface area contributed by atoms with E-state index < -0.39 is 0 Å². The summed E-state index contributed by atoms with van der Waals surface area (Å²) >= 11 is 0. The molecule has 4 heterocycles. The first-order valence-corrected chi connectivity index (χ1v) is 11.8. The predicted molar refractivity (Wildman–Crippen MR) is 113 cm³/mol. The van der Waals surface area contributed by atoms with Crippen LogP contribution in [0.3, 0.4) is 0 Å². The van der Waals surface area contributed by atoms with Gasteiger partial charge in [-0.3, -0.25) is 9.59 Å². The van der Waals surface area contributed by atoms with Crippen LogP contribution >= 0.6 is 0 Å². The summed E-state index contributed by atoms with van der Waals surface area (Å²) < 4.78 is 2.19. The fraction of sp³-hybridized carbons (Fsp3) is 0.750. The van der Waals surface area contributed by atoms with Gasteiger partial charge in [-0.2, -0.15) is 0 Å². The number of rotatable bonds is 5. The normalized spacial score (nSPS) is 31.9. The van der Waals surface area contributed by atoms with Gasteiger partial charge in [0.25, 0.3) is 5.91 Å². The fourth-order valence-corrected chi connectivity index (χ4v) is 6.23. The molecule has 0 unspecified atom stereocenters. The maximum Gasteiger partial charge on any atom is 0.270 e. The van der Waals surface area contributed by atoms with Crippen LogP contribution in [0.15, 0.2) is 18.3 Å². The fourth-order valence-electron chi connectivity index (χ4n) is 6.23. The zero-order valence-corrected chi connectivity index (χ0v) is 17.9. The molecule has 4 aliphatic rings. The van der Waals surface area contributed by atoms with Gasteiger partial charge in [0.05, 0.1) is 0 Å². The topological polar surface area (TPSA) is 45.6 Å². The number of piperidine rings is 3. The van der Waals surface area contributed by atoms with Crippen molar-refractivity contribution in [1.82, 2.24) is 14.4 Å². The van der Waals surface area contributed by atoms with E-state index in [2.05, 4.69) is 34.4 Å². The lowest BCUT2D eigenvalue weighted by molar-refractivity contribution is -0.152. The highest BCUT2D eigenvalue weighted by molar-refractivity contribution is 5.93. The summed E-state index contributed by atoms with van der Waals surface area (Å²) in [6.07, 6.45) is 10.7. The lowest BCUT2D eigenvalue weighted by atomic mass is 9.70. The SMILES string of the molecule is CC(C)CC[C@H]1[C@H]2C[C@H](CN(C(=O)c3cccn3C3CC3)C2)[C@@H]2CCCC(=O)N21. The Labute approximate surface area is 174 Å². The molecule has 0 N–H and O–H groups in total. The lowest BCUT2D eigenvalue weighted by Gasteiger charge is -2.56. The van der Waals surface area contributed by atoms with Crippen LogP contribution in [0.2, 0.25) is 0 Å². The molecule has 29 heavy (non-hydrogen) atoms. The molecular weight excluding hydrogens is 362 g/mol. The van der Waals surface area contributed by atoms with Gasteiger partial charge in [-0.15, -0.1) is 0 Å². The van der Waals surface area contributed by atoms with E-state index in [1.807, 2.05) is 12.1 Å². The first-order valence-electron chi connectivity index (χ1n) is 11.8. The molecule has 2 bridgehead atoms. The molecule has 0 spiro atoms. The zero-order chi connectivity index (χ0) is 20.1. The first kappa shape index (κ1) is 19.2. The standard InChI is InChI=1S/C24H35N3O2/c1-16(2)8-11-21-18-13-17(20-5-3-7-23(28)27(20)21)14-25(15-18)24(29)22-6-4-12-26(22)19-9-10-19/h4,6,12,16-21H,3,5,7-11,13-15H2,1-2H3/t17-,18+,20+,21+/m1/s1. The third kappa shape index (κ3) is 3.51. The number of fused-ring (bicyclic) bond motifs is 4. The Bertz CT molecular complexity index is 781. The Morgan fingerprint density at radius 1 is 1.17 bits per heavy atom. The molecule has 4 fully saturated rings. The van der Waals surface area contributed by atoms with E-state index in [4.69, 9.17) is 0 Å². The number of nitrogens with zero attached hydrogens (tertiary/aromatic N) is 3. The van der Waals surface area contributed by atoms with Crippen molar-refractivity contribution in [1.29, 1.82) is 0 Å². The lowest BCUT2D eigenvalue weighted by Crippen LogP contribution is -2.65. The summed E-state index contributed by atoms with van der Waals surface area (Å²) in [5.41, 5.74) is 0.864. The summed E-state index contributed by atoms with van der Waals surface area (Å²) in [4.78, 5) is 30.8. The Morgan fingerprint density at radius 3 is 2.72 bits per heavy atom. The van der Waals surface area contributed by atoms with Crippen LogP contribution in [0.1, 0.15) is 81.7 Å². The van der Waals surface area contributed by atoms with Crippen molar-refractivity contribution in [3.63, 3.8) is 0 Å². The van der Waals surface area contributed by atoms with Gasteiger partial charge in [-0.05, 0) is 74.8 Å². The van der Waals surface area contributed by atoms with Crippen LogP contribution in [-0.4, -0.2) is 51.4 Å². The predicted octanol–water partition coefficient (Wildman–Crippen LogP) is 4.10. The van der Waals surface area contributed by atoms with Gasteiger partial charge in [-0.1, -0.05) is 13.8 Å². The van der Waals surface area contributed by atoms with Crippen LogP contribution in [0.25, 0.3) is 0 Å². The summed E-state index contributed by atoms with van der Waals surface area (Å²) in [6.45, 7) is 6.16. The Kier molecular flexibility index (Phi) is 4.95. The van der Waals surface area contributed by atoms with E-state index in [0.717, 1.165) is 44.5 Å². The van der Waals surface area contributed by atoms with Gasteiger partial charge in [0.2, 0.25) is 5.91 Å². The Morgan fingerprint density at radius 2 is 1.97 bits per heavy atom. The van der Waals surface area contributed by atoms with Crippen LogP contribution in [0.5, 0.6) is 0 Å². The quantitative estimate of drug-likeness (QED) is 0.751. The monoisotopic (exact) mass is 397 g/mol. The van der Waals surface area contributed by atoms with Crippen molar-refractivity contribution in [2.24, 2.45) is 17.8 Å². The third-order valence-electron chi connectivity index (χ3n) is 7.76. The number of carbonyl (C=O) groups excluding carboxylic acids is 2. The number of aromatic nitrogens is 1. The van der Waals surface area contributed by atoms with E-state index in [0.29, 0.717) is 48.2 Å². The molecule has 1 aromatic rings. The van der Waals surface area contributed by atoms with Crippen molar-refractivity contribution in [3.05, 3.63) is 24.0 Å². The van der Waals surface area contributed by atoms with Gasteiger partial charge >= 0.3 is 0 Å². The van der Waals surface area contributed by atoms with Gasteiger partial charge in [-0.25, -0.2) is 0 Å². The number of hydrogen-bond donors (Lipinski definition) is 0. The summed E-state index contributed by atoms with van der Waals surface area (Å²) in [7, 11) is 0. The molecule has 1 aliphatic carbocycles. The summed E-state index contributed by atoms with van der Waals surface area (Å²) in [5.74, 6) is 2.09. The second-order valence-corrected chi connectivity index (χ2v) is 10.3. The molecule has 3 saturated heterocycles. The van der Waals surface area contributed by atoms with E-state index >= 15 is 0 Å². The zero-order valence-electron chi connectivity index (χ0n) is 17.9. The molecule has 1 saturated carbocycles. The Hall–Kier alpha value is -1.78. The highest BCUT2D eigenvalue weighted by Crippen LogP contribution is 2.44. The number of amides is 2. The second-order valence-electron chi connectivity index (χ2n) is 10.3. The van der Waals surface area contributed by atoms with Gasteiger partial charge < -0.3 is 14.4 Å². The molecule has 5 nitrogen and oxygen atoms in total. The second kappa shape index (κ2) is 7.48. The first-order chi connectivity index (χ1) is 14.0.